The minimum absolute atomic E-state index is 0.101. The molecule has 1 saturated heterocycles. The van der Waals surface area contributed by atoms with Gasteiger partial charge in [-0.2, -0.15) is 0 Å². The third kappa shape index (κ3) is 7.79. The summed E-state index contributed by atoms with van der Waals surface area (Å²) < 4.78 is 0. The van der Waals surface area contributed by atoms with Crippen LogP contribution < -0.4 is 16.8 Å². The molecule has 0 radical (unpaired) electrons. The third-order valence-corrected chi connectivity index (χ3v) is 7.39. The second-order valence-electron chi connectivity index (χ2n) is 10.4. The van der Waals surface area contributed by atoms with Crippen molar-refractivity contribution in [2.45, 2.75) is 56.7 Å². The van der Waals surface area contributed by atoms with E-state index in [2.05, 4.69) is 5.32 Å². The number of rotatable bonds is 12. The van der Waals surface area contributed by atoms with Gasteiger partial charge in [-0.3, -0.25) is 19.2 Å². The van der Waals surface area contributed by atoms with Crippen molar-refractivity contribution < 1.29 is 24.3 Å². The molecular formula is C32H36N4O5. The van der Waals surface area contributed by atoms with Gasteiger partial charge in [0.1, 0.15) is 11.8 Å². The first-order valence-electron chi connectivity index (χ1n) is 13.8. The Morgan fingerprint density at radius 3 is 2.27 bits per heavy atom. The minimum atomic E-state index is -0.886. The quantitative estimate of drug-likeness (QED) is 0.251. The van der Waals surface area contributed by atoms with Gasteiger partial charge in [0.15, 0.2) is 5.78 Å². The maximum Gasteiger partial charge on any atom is 0.243 e. The van der Waals surface area contributed by atoms with Crippen molar-refractivity contribution in [2.75, 3.05) is 6.54 Å². The Bertz CT molecular complexity index is 1380. The second kappa shape index (κ2) is 13.7. The molecule has 6 N–H and O–H groups in total. The number of hydrogen-bond donors (Lipinski definition) is 4. The number of Topliss-reactive ketones (excluding diaryl/α,β-unsaturated/α-hetero) is 1. The first-order valence-corrected chi connectivity index (χ1v) is 13.8. The van der Waals surface area contributed by atoms with E-state index in [4.69, 9.17) is 11.5 Å². The van der Waals surface area contributed by atoms with E-state index < -0.39 is 29.9 Å². The average molecular weight is 557 g/mol. The molecule has 41 heavy (non-hydrogen) atoms. The van der Waals surface area contributed by atoms with Crippen LogP contribution in [-0.4, -0.2) is 58.2 Å². The van der Waals surface area contributed by atoms with Crippen molar-refractivity contribution in [2.24, 2.45) is 11.5 Å². The lowest BCUT2D eigenvalue weighted by atomic mass is 9.92. The number of carbonyl (C=O) groups is 4. The predicted octanol–water partition coefficient (Wildman–Crippen LogP) is 2.28. The summed E-state index contributed by atoms with van der Waals surface area (Å²) in [5.74, 6) is -1.35. The summed E-state index contributed by atoms with van der Waals surface area (Å²) in [5.41, 5.74) is 14.4. The molecule has 1 heterocycles. The maximum absolute atomic E-state index is 13.9. The summed E-state index contributed by atoms with van der Waals surface area (Å²) in [6, 6.07) is 20.4. The van der Waals surface area contributed by atoms with E-state index in [9.17, 15) is 24.3 Å². The van der Waals surface area contributed by atoms with E-state index in [0.717, 1.165) is 11.1 Å². The molecule has 0 spiro atoms. The van der Waals surface area contributed by atoms with E-state index in [1.807, 2.05) is 30.3 Å². The molecule has 9 nitrogen and oxygen atoms in total. The molecule has 0 saturated carbocycles. The molecule has 3 atom stereocenters. The monoisotopic (exact) mass is 556 g/mol. The smallest absolute Gasteiger partial charge is 0.243 e. The van der Waals surface area contributed by atoms with E-state index in [1.54, 1.807) is 36.4 Å². The number of benzene rings is 3. The number of likely N-dealkylation sites (tertiary alicyclic amines) is 1. The number of phenols is 1. The summed E-state index contributed by atoms with van der Waals surface area (Å²) in [4.78, 5) is 53.7. The van der Waals surface area contributed by atoms with E-state index >= 15 is 0 Å². The number of aromatic hydroxyl groups is 1. The standard InChI is InChI=1S/C32H36N4O5/c33-26(19-22-12-15-24(37)16-13-22)32(41)36-18-6-11-28(36)31(40)35-27(20-21-7-2-1-3-8-21)30(39)25-10-5-4-9-23(25)14-17-29(34)38/h1-5,7-10,12-13,15-16,26-28,37H,6,11,14,17-20,33H2,(H2,34,38)(H,35,40)/t26-,27-,28-/m0/s1. The van der Waals surface area contributed by atoms with Gasteiger partial charge in [0.25, 0.3) is 0 Å². The average Bonchev–Trinajstić information content (AvgIpc) is 3.47. The highest BCUT2D eigenvalue weighted by Gasteiger charge is 2.38. The summed E-state index contributed by atoms with van der Waals surface area (Å²) in [6.07, 6.45) is 2.04. The number of nitrogens with one attached hydrogen (secondary N) is 1. The predicted molar refractivity (Wildman–Crippen MR) is 155 cm³/mol. The zero-order valence-electron chi connectivity index (χ0n) is 22.9. The molecule has 0 bridgehead atoms. The van der Waals surface area contributed by atoms with Gasteiger partial charge in [0, 0.05) is 24.9 Å². The Hall–Kier alpha value is -4.50. The van der Waals surface area contributed by atoms with Crippen LogP contribution in [0.4, 0.5) is 0 Å². The fraction of sp³-hybridized carbons (Fsp3) is 0.312. The van der Waals surface area contributed by atoms with Crippen molar-refractivity contribution in [1.29, 1.82) is 0 Å². The van der Waals surface area contributed by atoms with Gasteiger partial charge >= 0.3 is 0 Å². The number of amides is 3. The number of hydrogen-bond acceptors (Lipinski definition) is 6. The highest BCUT2D eigenvalue weighted by molar-refractivity contribution is 6.04. The fourth-order valence-electron chi connectivity index (χ4n) is 5.24. The largest absolute Gasteiger partial charge is 0.508 e. The first kappa shape index (κ1) is 29.5. The summed E-state index contributed by atoms with van der Waals surface area (Å²) >= 11 is 0. The zero-order valence-corrected chi connectivity index (χ0v) is 22.9. The number of primary amides is 1. The highest BCUT2D eigenvalue weighted by Crippen LogP contribution is 2.21. The number of nitrogens with two attached hydrogens (primary N) is 2. The van der Waals surface area contributed by atoms with Crippen LogP contribution >= 0.6 is 0 Å². The Morgan fingerprint density at radius 2 is 1.56 bits per heavy atom. The Morgan fingerprint density at radius 1 is 0.902 bits per heavy atom. The molecule has 214 valence electrons. The molecule has 3 aromatic carbocycles. The maximum atomic E-state index is 13.9. The molecule has 1 aliphatic rings. The van der Waals surface area contributed by atoms with Gasteiger partial charge in [-0.15, -0.1) is 0 Å². The molecule has 3 amide bonds. The van der Waals surface area contributed by atoms with E-state index in [1.165, 1.54) is 17.0 Å². The topological polar surface area (TPSA) is 156 Å². The van der Waals surface area contributed by atoms with Crippen molar-refractivity contribution in [1.82, 2.24) is 10.2 Å². The van der Waals surface area contributed by atoms with Crippen LogP contribution in [0.3, 0.4) is 0 Å². The van der Waals surface area contributed by atoms with Gasteiger partial charge in [-0.25, -0.2) is 0 Å². The molecular weight excluding hydrogens is 520 g/mol. The summed E-state index contributed by atoms with van der Waals surface area (Å²) in [5, 5.41) is 12.5. The normalized spacial score (nSPS) is 16.1. The fourth-order valence-corrected chi connectivity index (χ4v) is 5.24. The molecule has 9 heteroatoms. The lowest BCUT2D eigenvalue weighted by Gasteiger charge is -2.28. The number of nitrogens with zero attached hydrogens (tertiary/aromatic N) is 1. The first-order chi connectivity index (χ1) is 19.7. The molecule has 3 aromatic rings. The molecule has 1 aliphatic heterocycles. The van der Waals surface area contributed by atoms with Gasteiger partial charge in [0.05, 0.1) is 12.1 Å². The lowest BCUT2D eigenvalue weighted by Crippen LogP contribution is -2.54. The van der Waals surface area contributed by atoms with Crippen LogP contribution in [0.5, 0.6) is 5.75 Å². The van der Waals surface area contributed by atoms with E-state index in [-0.39, 0.29) is 36.7 Å². The van der Waals surface area contributed by atoms with Crippen molar-refractivity contribution in [3.8, 4) is 5.75 Å². The van der Waals surface area contributed by atoms with Gasteiger partial charge in [-0.1, -0.05) is 66.7 Å². The van der Waals surface area contributed by atoms with Crippen LogP contribution in [0.2, 0.25) is 0 Å². The second-order valence-corrected chi connectivity index (χ2v) is 10.4. The summed E-state index contributed by atoms with van der Waals surface area (Å²) in [7, 11) is 0. The van der Waals surface area contributed by atoms with Crippen molar-refractivity contribution in [3.05, 3.63) is 101 Å². The third-order valence-electron chi connectivity index (χ3n) is 7.39. The van der Waals surface area contributed by atoms with Crippen LogP contribution in [-0.2, 0) is 33.6 Å². The van der Waals surface area contributed by atoms with Gasteiger partial charge in [0.2, 0.25) is 17.7 Å². The molecule has 0 aliphatic carbocycles. The van der Waals surface area contributed by atoms with Crippen LogP contribution in [0.25, 0.3) is 0 Å². The Labute approximate surface area is 239 Å². The van der Waals surface area contributed by atoms with E-state index in [0.29, 0.717) is 36.9 Å². The number of carbonyl (C=O) groups excluding carboxylic acids is 4. The molecule has 1 fully saturated rings. The SMILES string of the molecule is NC(=O)CCc1ccccc1C(=O)[C@H](Cc1ccccc1)NC(=O)[C@@H]1CCCN1C(=O)[C@@H](N)Cc1ccc(O)cc1. The summed E-state index contributed by atoms with van der Waals surface area (Å²) in [6.45, 7) is 0.396. The zero-order chi connectivity index (χ0) is 29.4. The number of ketones is 1. The van der Waals surface area contributed by atoms with Gasteiger partial charge in [-0.05, 0) is 54.5 Å². The molecule has 0 unspecified atom stereocenters. The Kier molecular flexibility index (Phi) is 9.86. The van der Waals surface area contributed by atoms with Crippen LogP contribution in [0.1, 0.15) is 46.3 Å². The van der Waals surface area contributed by atoms with Crippen molar-refractivity contribution >= 4 is 23.5 Å². The van der Waals surface area contributed by atoms with Crippen LogP contribution in [0, 0.1) is 0 Å². The molecule has 4 rings (SSSR count). The number of phenolic OH excluding ortho intramolecular Hbond substituents is 1. The molecule has 0 aromatic heterocycles. The number of aryl methyl sites for hydroxylation is 1. The van der Waals surface area contributed by atoms with Crippen molar-refractivity contribution in [3.63, 3.8) is 0 Å². The highest BCUT2D eigenvalue weighted by atomic mass is 16.3. The van der Waals surface area contributed by atoms with Gasteiger partial charge < -0.3 is 26.8 Å². The lowest BCUT2D eigenvalue weighted by molar-refractivity contribution is -0.139. The minimum Gasteiger partial charge on any atom is -0.508 e. The van der Waals surface area contributed by atoms with Crippen LogP contribution in [0.15, 0.2) is 78.9 Å². The Balaban J connectivity index is 1.52.